The molecule has 240 valence electrons. The smallest absolute Gasteiger partial charge is 0.136 e. The predicted molar refractivity (Wildman–Crippen MR) is 212 cm³/mol. The zero-order valence-corrected chi connectivity index (χ0v) is 27.9. The molecule has 0 saturated carbocycles. The van der Waals surface area contributed by atoms with Gasteiger partial charge in [-0.2, -0.15) is 0 Å². The van der Waals surface area contributed by atoms with Crippen LogP contribution in [0, 0.1) is 0 Å². The summed E-state index contributed by atoms with van der Waals surface area (Å²) in [5.74, 6) is 0.772. The van der Waals surface area contributed by atoms with Crippen molar-refractivity contribution >= 4 is 55.2 Å². The molecule has 1 aliphatic carbocycles. The van der Waals surface area contributed by atoms with Gasteiger partial charge in [-0.05, 0) is 98.7 Å². The number of fused-ring (bicyclic) bond motifs is 5. The molecule has 7 aromatic rings. The Labute approximate surface area is 292 Å². The first kappa shape index (κ1) is 30.9. The van der Waals surface area contributed by atoms with E-state index in [1.165, 1.54) is 0 Å². The van der Waals surface area contributed by atoms with Crippen LogP contribution < -0.4 is 10.4 Å². The highest BCUT2D eigenvalue weighted by atomic mass is 16.3. The van der Waals surface area contributed by atoms with Gasteiger partial charge in [0.1, 0.15) is 22.5 Å². The summed E-state index contributed by atoms with van der Waals surface area (Å²) in [5.41, 5.74) is 10.5. The highest BCUT2D eigenvalue weighted by Crippen LogP contribution is 2.41. The second kappa shape index (κ2) is 13.3. The lowest BCUT2D eigenvalue weighted by atomic mass is 9.89. The lowest BCUT2D eigenvalue weighted by Crippen LogP contribution is -2.29. The summed E-state index contributed by atoms with van der Waals surface area (Å²) in [6, 6.07) is 41.6. The highest BCUT2D eigenvalue weighted by Gasteiger charge is 2.19. The Morgan fingerprint density at radius 2 is 1.26 bits per heavy atom. The van der Waals surface area contributed by atoms with Gasteiger partial charge in [-0.15, -0.1) is 0 Å². The van der Waals surface area contributed by atoms with Crippen molar-refractivity contribution < 1.29 is 8.83 Å². The first-order chi connectivity index (χ1) is 24.6. The van der Waals surface area contributed by atoms with Gasteiger partial charge in [-0.25, -0.2) is 0 Å². The molecule has 2 aromatic heterocycles. The zero-order chi connectivity index (χ0) is 34.0. The van der Waals surface area contributed by atoms with Gasteiger partial charge in [0, 0.05) is 21.7 Å². The van der Waals surface area contributed by atoms with E-state index < -0.39 is 0 Å². The third-order valence-corrected chi connectivity index (χ3v) is 9.44. The average molecular weight is 645 g/mol. The average Bonchev–Trinajstić information content (AvgIpc) is 3.76. The number of furan rings is 2. The minimum absolute atomic E-state index is 0.772. The molecule has 0 unspecified atom stereocenters. The quantitative estimate of drug-likeness (QED) is 0.161. The van der Waals surface area contributed by atoms with Crippen molar-refractivity contribution in [1.82, 2.24) is 0 Å². The second-order valence-corrected chi connectivity index (χ2v) is 12.6. The van der Waals surface area contributed by atoms with Gasteiger partial charge in [0.2, 0.25) is 0 Å². The van der Waals surface area contributed by atoms with Crippen LogP contribution in [0.1, 0.15) is 24.0 Å². The minimum Gasteiger partial charge on any atom is -0.456 e. The molecule has 50 heavy (non-hydrogen) atoms. The first-order valence-electron chi connectivity index (χ1n) is 17.0. The van der Waals surface area contributed by atoms with Crippen molar-refractivity contribution in [3.05, 3.63) is 205 Å². The van der Waals surface area contributed by atoms with Crippen LogP contribution in [-0.2, 0) is 0 Å². The third kappa shape index (κ3) is 5.71. The van der Waals surface area contributed by atoms with Crippen LogP contribution in [0.4, 0.5) is 0 Å². The maximum absolute atomic E-state index is 6.49. The van der Waals surface area contributed by atoms with Crippen molar-refractivity contribution in [2.45, 2.75) is 12.8 Å². The number of para-hydroxylation sites is 2. The molecule has 8 rings (SSSR count). The van der Waals surface area contributed by atoms with Crippen LogP contribution in [0.3, 0.4) is 0 Å². The van der Waals surface area contributed by atoms with E-state index in [9.17, 15) is 0 Å². The molecular formula is C48H36O2. The molecule has 0 N–H and O–H groups in total. The van der Waals surface area contributed by atoms with Gasteiger partial charge in [0.15, 0.2) is 0 Å². The SMILES string of the molecule is C=C/C(=C\C(=C)C1=c2\cccc\c2=C(C(=C)c2cc3c(cc2-c2cc4ccccc4o2)oc2ccccc23)\C=C\CC\C=C\1)c1ccccc1. The Hall–Kier alpha value is -6.38. The summed E-state index contributed by atoms with van der Waals surface area (Å²) in [7, 11) is 0. The Morgan fingerprint density at radius 3 is 2.02 bits per heavy atom. The number of hydrogen-bond acceptors (Lipinski definition) is 2. The highest BCUT2D eigenvalue weighted by molar-refractivity contribution is 6.12. The molecule has 0 amide bonds. The molecule has 0 atom stereocenters. The van der Waals surface area contributed by atoms with E-state index in [0.29, 0.717) is 0 Å². The Kier molecular flexibility index (Phi) is 8.20. The Balaban J connectivity index is 1.39. The molecule has 0 fully saturated rings. The van der Waals surface area contributed by atoms with Gasteiger partial charge in [0.25, 0.3) is 0 Å². The molecule has 0 radical (unpaired) electrons. The van der Waals surface area contributed by atoms with Crippen molar-refractivity contribution in [1.29, 1.82) is 0 Å². The number of rotatable bonds is 7. The van der Waals surface area contributed by atoms with Gasteiger partial charge < -0.3 is 8.83 Å². The van der Waals surface area contributed by atoms with Crippen molar-refractivity contribution in [2.24, 2.45) is 0 Å². The van der Waals surface area contributed by atoms with Gasteiger partial charge in [0.05, 0.1) is 0 Å². The van der Waals surface area contributed by atoms with E-state index >= 15 is 0 Å². The van der Waals surface area contributed by atoms with Crippen molar-refractivity contribution in [3.8, 4) is 11.3 Å². The van der Waals surface area contributed by atoms with Gasteiger partial charge in [-0.1, -0.05) is 141 Å². The maximum atomic E-state index is 6.49. The normalized spacial score (nSPS) is 17.0. The predicted octanol–water partition coefficient (Wildman–Crippen LogP) is 11.7. The van der Waals surface area contributed by atoms with Crippen molar-refractivity contribution in [3.63, 3.8) is 0 Å². The van der Waals surface area contributed by atoms with Crippen LogP contribution in [0.25, 0.3) is 66.5 Å². The molecule has 1 aliphatic rings. The Bertz CT molecular complexity index is 2650. The topological polar surface area (TPSA) is 26.3 Å². The monoisotopic (exact) mass is 644 g/mol. The number of benzene rings is 5. The van der Waals surface area contributed by atoms with E-state index in [1.807, 2.05) is 54.6 Å². The standard InChI is InChI=1S/C48H36O2/c1-4-34(35-18-8-7-9-19-35)28-32(2)37-21-10-5-6-11-22-38(40-24-14-13-23-39(37)40)33(3)42-30-43-41-25-15-17-27-46(41)50-48(43)31-44(42)47-29-36-20-12-16-26-45(36)49-47/h4,7-31H,1-3,5-6H2/b21-10+,22-11+,34-28+,39-37+,40-38+. The molecule has 2 heterocycles. The summed E-state index contributed by atoms with van der Waals surface area (Å²) >= 11 is 0. The molecular weight excluding hydrogens is 609 g/mol. The van der Waals surface area contributed by atoms with Gasteiger partial charge in [-0.3, -0.25) is 0 Å². The number of hydrogen-bond donors (Lipinski definition) is 0. The third-order valence-electron chi connectivity index (χ3n) is 9.44. The summed E-state index contributed by atoms with van der Waals surface area (Å²) in [6.07, 6.45) is 14.8. The fourth-order valence-corrected chi connectivity index (χ4v) is 6.91. The molecule has 0 aliphatic heterocycles. The zero-order valence-electron chi connectivity index (χ0n) is 27.9. The summed E-state index contributed by atoms with van der Waals surface area (Å²) in [5, 5.41) is 5.33. The summed E-state index contributed by atoms with van der Waals surface area (Å²) in [4.78, 5) is 0. The van der Waals surface area contributed by atoms with E-state index in [4.69, 9.17) is 15.4 Å². The molecule has 5 aromatic carbocycles. The van der Waals surface area contributed by atoms with E-state index in [0.717, 1.165) is 107 Å². The Morgan fingerprint density at radius 1 is 0.600 bits per heavy atom. The van der Waals surface area contributed by atoms with Gasteiger partial charge >= 0.3 is 0 Å². The van der Waals surface area contributed by atoms with Crippen LogP contribution >= 0.6 is 0 Å². The molecule has 2 heteroatoms. The van der Waals surface area contributed by atoms with Crippen LogP contribution in [0.5, 0.6) is 0 Å². The maximum Gasteiger partial charge on any atom is 0.136 e. The van der Waals surface area contributed by atoms with Crippen LogP contribution in [0.15, 0.2) is 192 Å². The molecule has 2 nitrogen and oxygen atoms in total. The lowest BCUT2D eigenvalue weighted by molar-refractivity contribution is 0.630. The molecule has 0 saturated heterocycles. The lowest BCUT2D eigenvalue weighted by Gasteiger charge is -2.15. The molecule has 0 bridgehead atoms. The minimum atomic E-state index is 0.772. The summed E-state index contributed by atoms with van der Waals surface area (Å²) in [6.45, 7) is 13.5. The van der Waals surface area contributed by atoms with E-state index in [-0.39, 0.29) is 0 Å². The largest absolute Gasteiger partial charge is 0.456 e. The second-order valence-electron chi connectivity index (χ2n) is 12.6. The van der Waals surface area contributed by atoms with E-state index in [1.54, 1.807) is 0 Å². The fraction of sp³-hybridized carbons (Fsp3) is 0.0417. The first-order valence-corrected chi connectivity index (χ1v) is 17.0. The fourth-order valence-electron chi connectivity index (χ4n) is 6.91. The van der Waals surface area contributed by atoms with Crippen LogP contribution in [-0.4, -0.2) is 0 Å². The summed E-state index contributed by atoms with van der Waals surface area (Å²) < 4.78 is 12.9. The van der Waals surface area contributed by atoms with Crippen LogP contribution in [0.2, 0.25) is 0 Å². The number of allylic oxidation sites excluding steroid dienone is 9. The van der Waals surface area contributed by atoms with E-state index in [2.05, 4.69) is 116 Å². The molecule has 0 spiro atoms. The van der Waals surface area contributed by atoms with Crippen molar-refractivity contribution in [2.75, 3.05) is 0 Å².